The van der Waals surface area contributed by atoms with E-state index in [1.165, 1.54) is 0 Å². The zero-order valence-electron chi connectivity index (χ0n) is 12.2. The molecular weight excluding hydrogens is 222 g/mol. The van der Waals surface area contributed by atoms with Gasteiger partial charge in [-0.3, -0.25) is 9.88 Å². The third-order valence-electron chi connectivity index (χ3n) is 3.56. The lowest BCUT2D eigenvalue weighted by Crippen LogP contribution is -2.47. The van der Waals surface area contributed by atoms with Crippen molar-refractivity contribution in [1.82, 2.24) is 15.2 Å². The molecule has 0 aliphatic carbocycles. The van der Waals surface area contributed by atoms with Crippen LogP contribution >= 0.6 is 0 Å². The van der Waals surface area contributed by atoms with E-state index in [0.717, 1.165) is 31.7 Å². The molecule has 0 spiro atoms. The summed E-state index contributed by atoms with van der Waals surface area (Å²) < 4.78 is 0. The first-order chi connectivity index (χ1) is 8.72. The first-order valence-corrected chi connectivity index (χ1v) is 7.10. The Morgan fingerprint density at radius 2 is 2.06 bits per heavy atom. The van der Waals surface area contributed by atoms with Crippen molar-refractivity contribution in [2.45, 2.75) is 52.7 Å². The molecule has 0 fully saturated rings. The minimum absolute atomic E-state index is 0.530. The maximum atomic E-state index is 4.42. The Balaban J connectivity index is 2.64. The summed E-state index contributed by atoms with van der Waals surface area (Å²) in [6, 6.07) is 7.21. The fraction of sp³-hybridized carbons (Fsp3) is 0.667. The van der Waals surface area contributed by atoms with Crippen molar-refractivity contribution in [2.24, 2.45) is 0 Å². The fourth-order valence-electron chi connectivity index (χ4n) is 2.42. The van der Waals surface area contributed by atoms with E-state index in [1.807, 2.05) is 12.3 Å². The van der Waals surface area contributed by atoms with Crippen LogP contribution in [0.4, 0.5) is 0 Å². The van der Waals surface area contributed by atoms with Crippen LogP contribution < -0.4 is 5.32 Å². The van der Waals surface area contributed by atoms with Crippen LogP contribution in [0, 0.1) is 0 Å². The second-order valence-electron chi connectivity index (χ2n) is 4.70. The Morgan fingerprint density at radius 3 is 2.56 bits per heavy atom. The van der Waals surface area contributed by atoms with Gasteiger partial charge in [0.25, 0.3) is 0 Å². The Kier molecular flexibility index (Phi) is 6.91. The zero-order chi connectivity index (χ0) is 13.4. The van der Waals surface area contributed by atoms with Gasteiger partial charge in [-0.15, -0.1) is 0 Å². The molecule has 0 saturated carbocycles. The second-order valence-corrected chi connectivity index (χ2v) is 4.70. The largest absolute Gasteiger partial charge is 0.313 e. The summed E-state index contributed by atoms with van der Waals surface area (Å²) in [6.45, 7) is 12.0. The van der Waals surface area contributed by atoms with E-state index >= 15 is 0 Å². The average molecular weight is 249 g/mol. The van der Waals surface area contributed by atoms with Crippen LogP contribution in [0.15, 0.2) is 24.4 Å². The van der Waals surface area contributed by atoms with Crippen LogP contribution in [-0.2, 0) is 6.54 Å². The Morgan fingerprint density at radius 1 is 1.28 bits per heavy atom. The number of nitrogens with one attached hydrogen (secondary N) is 1. The standard InChI is InChI=1S/C15H27N3/c1-5-15(16-6-2)13(4)18(7-3)12-14-10-8-9-11-17-14/h8-11,13,15-16H,5-7,12H2,1-4H3. The van der Waals surface area contributed by atoms with Crippen LogP contribution in [0.25, 0.3) is 0 Å². The highest BCUT2D eigenvalue weighted by molar-refractivity contribution is 5.03. The van der Waals surface area contributed by atoms with Gasteiger partial charge in [0.15, 0.2) is 0 Å². The Labute approximate surface area is 112 Å². The molecule has 0 saturated heterocycles. The second kappa shape index (κ2) is 8.22. The number of hydrogen-bond donors (Lipinski definition) is 1. The molecule has 1 aromatic rings. The third kappa shape index (κ3) is 4.39. The summed E-state index contributed by atoms with van der Waals surface area (Å²) in [7, 11) is 0. The van der Waals surface area contributed by atoms with E-state index in [4.69, 9.17) is 0 Å². The average Bonchev–Trinajstić information content (AvgIpc) is 2.42. The summed E-state index contributed by atoms with van der Waals surface area (Å²) >= 11 is 0. The predicted octanol–water partition coefficient (Wildman–Crippen LogP) is 2.68. The van der Waals surface area contributed by atoms with Crippen molar-refractivity contribution in [3.05, 3.63) is 30.1 Å². The first kappa shape index (κ1) is 15.1. The van der Waals surface area contributed by atoms with Gasteiger partial charge in [-0.25, -0.2) is 0 Å². The lowest BCUT2D eigenvalue weighted by Gasteiger charge is -2.33. The summed E-state index contributed by atoms with van der Waals surface area (Å²) in [5.74, 6) is 0. The summed E-state index contributed by atoms with van der Waals surface area (Å²) in [5.41, 5.74) is 1.15. The zero-order valence-corrected chi connectivity index (χ0v) is 12.2. The van der Waals surface area contributed by atoms with Crippen LogP contribution in [-0.4, -0.2) is 35.1 Å². The number of aromatic nitrogens is 1. The molecule has 0 bridgehead atoms. The van der Waals surface area contributed by atoms with Crippen molar-refractivity contribution in [3.63, 3.8) is 0 Å². The van der Waals surface area contributed by atoms with Crippen molar-refractivity contribution >= 4 is 0 Å². The fourth-order valence-corrected chi connectivity index (χ4v) is 2.42. The molecule has 1 aromatic heterocycles. The monoisotopic (exact) mass is 249 g/mol. The summed E-state index contributed by atoms with van der Waals surface area (Å²) in [5, 5.41) is 3.57. The normalized spacial score (nSPS) is 14.7. The van der Waals surface area contributed by atoms with Gasteiger partial charge in [-0.05, 0) is 38.6 Å². The van der Waals surface area contributed by atoms with E-state index in [0.29, 0.717) is 12.1 Å². The molecule has 1 heterocycles. The maximum Gasteiger partial charge on any atom is 0.0544 e. The van der Waals surface area contributed by atoms with E-state index < -0.39 is 0 Å². The molecule has 0 aliphatic heterocycles. The molecule has 1 rings (SSSR count). The van der Waals surface area contributed by atoms with E-state index in [-0.39, 0.29) is 0 Å². The van der Waals surface area contributed by atoms with E-state index in [1.54, 1.807) is 0 Å². The minimum atomic E-state index is 0.530. The topological polar surface area (TPSA) is 28.2 Å². The SMILES string of the molecule is CCNC(CC)C(C)N(CC)Cc1ccccn1. The van der Waals surface area contributed by atoms with E-state index in [9.17, 15) is 0 Å². The van der Waals surface area contributed by atoms with Crippen molar-refractivity contribution < 1.29 is 0 Å². The smallest absolute Gasteiger partial charge is 0.0544 e. The van der Waals surface area contributed by atoms with Gasteiger partial charge >= 0.3 is 0 Å². The quantitative estimate of drug-likeness (QED) is 0.768. The van der Waals surface area contributed by atoms with Crippen LogP contribution in [0.3, 0.4) is 0 Å². The Hall–Kier alpha value is -0.930. The van der Waals surface area contributed by atoms with Crippen molar-refractivity contribution in [3.8, 4) is 0 Å². The number of rotatable bonds is 8. The van der Waals surface area contributed by atoms with Gasteiger partial charge in [0.2, 0.25) is 0 Å². The number of hydrogen-bond acceptors (Lipinski definition) is 3. The van der Waals surface area contributed by atoms with Crippen LogP contribution in [0.1, 0.15) is 39.8 Å². The van der Waals surface area contributed by atoms with Gasteiger partial charge in [0.1, 0.15) is 0 Å². The van der Waals surface area contributed by atoms with Gasteiger partial charge in [-0.1, -0.05) is 26.8 Å². The molecule has 0 amide bonds. The molecule has 0 radical (unpaired) electrons. The number of likely N-dealkylation sites (N-methyl/N-ethyl adjacent to an activating group) is 2. The van der Waals surface area contributed by atoms with E-state index in [2.05, 4.69) is 55.0 Å². The van der Waals surface area contributed by atoms with Crippen molar-refractivity contribution in [2.75, 3.05) is 13.1 Å². The maximum absolute atomic E-state index is 4.42. The lowest BCUT2D eigenvalue weighted by atomic mass is 10.1. The molecule has 2 atom stereocenters. The van der Waals surface area contributed by atoms with Gasteiger partial charge in [-0.2, -0.15) is 0 Å². The Bertz CT molecular complexity index is 313. The molecule has 18 heavy (non-hydrogen) atoms. The number of pyridine rings is 1. The highest BCUT2D eigenvalue weighted by atomic mass is 15.2. The van der Waals surface area contributed by atoms with Crippen molar-refractivity contribution in [1.29, 1.82) is 0 Å². The molecule has 0 aliphatic rings. The van der Waals surface area contributed by atoms with Gasteiger partial charge < -0.3 is 5.32 Å². The summed E-state index contributed by atoms with van der Waals surface area (Å²) in [4.78, 5) is 6.90. The molecule has 1 N–H and O–H groups in total. The van der Waals surface area contributed by atoms with Gasteiger partial charge in [0, 0.05) is 24.8 Å². The van der Waals surface area contributed by atoms with Crippen LogP contribution in [0.2, 0.25) is 0 Å². The van der Waals surface area contributed by atoms with Crippen LogP contribution in [0.5, 0.6) is 0 Å². The third-order valence-corrected chi connectivity index (χ3v) is 3.56. The number of nitrogens with zero attached hydrogens (tertiary/aromatic N) is 2. The molecule has 102 valence electrons. The molecule has 2 unspecified atom stereocenters. The molecular formula is C15H27N3. The highest BCUT2D eigenvalue weighted by Crippen LogP contribution is 2.11. The molecule has 0 aromatic carbocycles. The minimum Gasteiger partial charge on any atom is -0.313 e. The lowest BCUT2D eigenvalue weighted by molar-refractivity contribution is 0.165. The highest BCUT2D eigenvalue weighted by Gasteiger charge is 2.20. The summed E-state index contributed by atoms with van der Waals surface area (Å²) in [6.07, 6.45) is 3.03. The van der Waals surface area contributed by atoms with Gasteiger partial charge in [0.05, 0.1) is 5.69 Å². The molecule has 3 nitrogen and oxygen atoms in total. The first-order valence-electron chi connectivity index (χ1n) is 7.10. The molecule has 3 heteroatoms. The predicted molar refractivity (Wildman–Crippen MR) is 77.5 cm³/mol.